The van der Waals surface area contributed by atoms with Crippen LogP contribution < -0.4 is 0 Å². The first-order valence-corrected chi connectivity index (χ1v) is 4.61. The third-order valence-electron chi connectivity index (χ3n) is 2.28. The van der Waals surface area contributed by atoms with Crippen LogP contribution in [-0.2, 0) is 0 Å². The van der Waals surface area contributed by atoms with E-state index in [9.17, 15) is 9.90 Å². The molecule has 0 radical (unpaired) electrons. The molecule has 0 bridgehead atoms. The molecule has 2 aromatic heterocycles. The maximum absolute atomic E-state index is 11.2. The molecule has 15 heavy (non-hydrogen) atoms. The van der Waals surface area contributed by atoms with Crippen molar-refractivity contribution in [2.45, 2.75) is 20.8 Å². The van der Waals surface area contributed by atoms with Crippen molar-refractivity contribution in [1.29, 1.82) is 0 Å². The van der Waals surface area contributed by atoms with Gasteiger partial charge in [-0.3, -0.25) is 9.78 Å². The first-order valence-electron chi connectivity index (χ1n) is 4.61. The number of ketones is 1. The Labute approximate surface area is 86.5 Å². The molecule has 2 aromatic rings. The largest absolute Gasteiger partial charge is 0.504 e. The van der Waals surface area contributed by atoms with Crippen molar-refractivity contribution in [3.63, 3.8) is 0 Å². The molecule has 0 saturated carbocycles. The number of hydrogen-bond acceptors (Lipinski definition) is 4. The fraction of sp³-hybridized carbons (Fsp3) is 0.273. The van der Waals surface area contributed by atoms with E-state index in [1.165, 1.54) is 6.92 Å². The molecule has 0 aliphatic rings. The summed E-state index contributed by atoms with van der Waals surface area (Å²) in [5, 5.41) is 10.3. The summed E-state index contributed by atoms with van der Waals surface area (Å²) in [6.45, 7) is 4.96. The quantitative estimate of drug-likeness (QED) is 0.726. The van der Waals surface area contributed by atoms with Gasteiger partial charge in [-0.25, -0.2) is 0 Å². The van der Waals surface area contributed by atoms with E-state index in [0.29, 0.717) is 16.7 Å². The highest BCUT2D eigenvalue weighted by Gasteiger charge is 2.19. The third kappa shape index (κ3) is 1.38. The highest BCUT2D eigenvalue weighted by atomic mass is 16.4. The van der Waals surface area contributed by atoms with Gasteiger partial charge >= 0.3 is 0 Å². The lowest BCUT2D eigenvalue weighted by molar-refractivity contribution is 0.0985. The Morgan fingerprint density at radius 2 is 2.13 bits per heavy atom. The molecule has 1 N–H and O–H groups in total. The van der Waals surface area contributed by atoms with E-state index in [-0.39, 0.29) is 17.3 Å². The molecular weight excluding hydrogens is 194 g/mol. The number of rotatable bonds is 1. The second-order valence-electron chi connectivity index (χ2n) is 3.56. The Morgan fingerprint density at radius 1 is 1.47 bits per heavy atom. The SMILES string of the molecule is CC(=O)c1oc2cc(C)nc(C)c2c1O. The molecule has 0 fully saturated rings. The van der Waals surface area contributed by atoms with Crippen molar-refractivity contribution in [2.75, 3.05) is 0 Å². The average molecular weight is 205 g/mol. The van der Waals surface area contributed by atoms with Crippen LogP contribution in [0.5, 0.6) is 5.75 Å². The first kappa shape index (κ1) is 9.71. The Hall–Kier alpha value is -1.84. The summed E-state index contributed by atoms with van der Waals surface area (Å²) in [7, 11) is 0. The van der Waals surface area contributed by atoms with Gasteiger partial charge in [-0.1, -0.05) is 0 Å². The van der Waals surface area contributed by atoms with E-state index in [0.717, 1.165) is 5.69 Å². The molecule has 0 aromatic carbocycles. The minimum Gasteiger partial charge on any atom is -0.504 e. The van der Waals surface area contributed by atoms with Crippen LogP contribution in [-0.4, -0.2) is 15.9 Å². The number of aromatic hydroxyl groups is 1. The summed E-state index contributed by atoms with van der Waals surface area (Å²) in [4.78, 5) is 15.4. The number of Topliss-reactive ketones (excluding diaryl/α,β-unsaturated/α-hetero) is 1. The Bertz CT molecular complexity index is 554. The maximum atomic E-state index is 11.2. The molecule has 78 valence electrons. The van der Waals surface area contributed by atoms with Gasteiger partial charge in [0, 0.05) is 18.7 Å². The van der Waals surface area contributed by atoms with Crippen molar-refractivity contribution >= 4 is 16.8 Å². The molecule has 0 unspecified atom stereocenters. The number of fused-ring (bicyclic) bond motifs is 1. The van der Waals surface area contributed by atoms with Gasteiger partial charge in [-0.05, 0) is 13.8 Å². The number of hydrogen-bond donors (Lipinski definition) is 1. The summed E-state index contributed by atoms with van der Waals surface area (Å²) >= 11 is 0. The highest BCUT2D eigenvalue weighted by molar-refractivity contribution is 6.01. The smallest absolute Gasteiger partial charge is 0.212 e. The number of furan rings is 1. The van der Waals surface area contributed by atoms with E-state index < -0.39 is 0 Å². The molecule has 0 spiro atoms. The predicted molar refractivity (Wildman–Crippen MR) is 55.2 cm³/mol. The van der Waals surface area contributed by atoms with Crippen LogP contribution in [0.4, 0.5) is 0 Å². The highest BCUT2D eigenvalue weighted by Crippen LogP contribution is 2.34. The summed E-state index contributed by atoms with van der Waals surface area (Å²) in [5.74, 6) is -0.399. The number of carbonyl (C=O) groups excluding carboxylic acids is 1. The zero-order valence-electron chi connectivity index (χ0n) is 8.79. The normalized spacial score (nSPS) is 10.9. The minimum atomic E-state index is -0.291. The van der Waals surface area contributed by atoms with Crippen molar-refractivity contribution in [3.05, 3.63) is 23.2 Å². The van der Waals surface area contributed by atoms with Crippen LogP contribution in [0.2, 0.25) is 0 Å². The summed E-state index contributed by atoms with van der Waals surface area (Å²) in [6.07, 6.45) is 0. The van der Waals surface area contributed by atoms with E-state index >= 15 is 0 Å². The fourth-order valence-corrected chi connectivity index (χ4v) is 1.67. The van der Waals surface area contributed by atoms with Crippen LogP contribution in [0, 0.1) is 13.8 Å². The fourth-order valence-electron chi connectivity index (χ4n) is 1.67. The van der Waals surface area contributed by atoms with Gasteiger partial charge < -0.3 is 9.52 Å². The number of aryl methyl sites for hydroxylation is 2. The predicted octanol–water partition coefficient (Wildman–Crippen LogP) is 2.35. The molecule has 4 nitrogen and oxygen atoms in total. The maximum Gasteiger partial charge on any atom is 0.212 e. The van der Waals surface area contributed by atoms with Crippen molar-refractivity contribution in [1.82, 2.24) is 4.98 Å². The summed E-state index contributed by atoms with van der Waals surface area (Å²) in [6, 6.07) is 1.70. The first-order chi connectivity index (χ1) is 7.00. The second-order valence-corrected chi connectivity index (χ2v) is 3.56. The third-order valence-corrected chi connectivity index (χ3v) is 2.28. The molecule has 0 saturated heterocycles. The number of carbonyl (C=O) groups is 1. The van der Waals surface area contributed by atoms with Crippen LogP contribution in [0.15, 0.2) is 10.5 Å². The minimum absolute atomic E-state index is 0.000463. The van der Waals surface area contributed by atoms with Gasteiger partial charge in [-0.15, -0.1) is 0 Å². The molecule has 0 atom stereocenters. The topological polar surface area (TPSA) is 63.3 Å². The van der Waals surface area contributed by atoms with Gasteiger partial charge in [-0.2, -0.15) is 0 Å². The standard InChI is InChI=1S/C11H11NO3/c1-5-4-8-9(6(2)12-5)10(14)11(15-8)7(3)13/h4,14H,1-3H3. The zero-order chi connectivity index (χ0) is 11.2. The van der Waals surface area contributed by atoms with Gasteiger partial charge in [0.2, 0.25) is 5.76 Å². The van der Waals surface area contributed by atoms with Crippen molar-refractivity contribution in [3.8, 4) is 5.75 Å². The van der Waals surface area contributed by atoms with Crippen LogP contribution in [0.25, 0.3) is 11.0 Å². The Kier molecular flexibility index (Phi) is 2.00. The zero-order valence-corrected chi connectivity index (χ0v) is 8.79. The lowest BCUT2D eigenvalue weighted by atomic mass is 10.2. The number of nitrogens with zero attached hydrogens (tertiary/aromatic N) is 1. The van der Waals surface area contributed by atoms with Crippen molar-refractivity contribution < 1.29 is 14.3 Å². The summed E-state index contributed by atoms with van der Waals surface area (Å²) < 4.78 is 5.28. The number of pyridine rings is 1. The lowest BCUT2D eigenvalue weighted by Gasteiger charge is -1.96. The van der Waals surface area contributed by atoms with E-state index in [2.05, 4.69) is 4.98 Å². The molecule has 0 aliphatic carbocycles. The average Bonchev–Trinajstić information content (AvgIpc) is 2.42. The van der Waals surface area contributed by atoms with Gasteiger partial charge in [0.1, 0.15) is 5.58 Å². The van der Waals surface area contributed by atoms with E-state index in [1.54, 1.807) is 13.0 Å². The molecule has 2 rings (SSSR count). The van der Waals surface area contributed by atoms with Gasteiger partial charge in [0.15, 0.2) is 11.5 Å². The monoisotopic (exact) mass is 205 g/mol. The Balaban J connectivity index is 2.88. The van der Waals surface area contributed by atoms with Crippen LogP contribution >= 0.6 is 0 Å². The summed E-state index contributed by atoms with van der Waals surface area (Å²) in [5.41, 5.74) is 1.96. The van der Waals surface area contributed by atoms with Crippen LogP contribution in [0.1, 0.15) is 28.9 Å². The molecule has 0 amide bonds. The van der Waals surface area contributed by atoms with Crippen LogP contribution in [0.3, 0.4) is 0 Å². The molecule has 0 aliphatic heterocycles. The molecule has 4 heteroatoms. The van der Waals surface area contributed by atoms with Gasteiger partial charge in [0.05, 0.1) is 11.1 Å². The number of aromatic nitrogens is 1. The molecular formula is C11H11NO3. The van der Waals surface area contributed by atoms with Crippen molar-refractivity contribution in [2.24, 2.45) is 0 Å². The van der Waals surface area contributed by atoms with Gasteiger partial charge in [0.25, 0.3) is 0 Å². The van der Waals surface area contributed by atoms with E-state index in [1.807, 2.05) is 6.92 Å². The lowest BCUT2D eigenvalue weighted by Crippen LogP contribution is -1.88. The Morgan fingerprint density at radius 3 is 2.73 bits per heavy atom. The van der Waals surface area contributed by atoms with E-state index in [4.69, 9.17) is 4.42 Å². The second kappa shape index (κ2) is 3.08. The molecule has 2 heterocycles.